The molecule has 0 bridgehead atoms. The maximum Gasteiger partial charge on any atom is 0.321 e. The van der Waals surface area contributed by atoms with Crippen molar-refractivity contribution in [2.45, 2.75) is 0 Å². The monoisotopic (exact) mass is 657 g/mol. The van der Waals surface area contributed by atoms with Crippen molar-refractivity contribution in [1.29, 1.82) is 0 Å². The average Bonchev–Trinajstić information content (AvgIpc) is 2.99. The summed E-state index contributed by atoms with van der Waals surface area (Å²) in [5, 5.41) is 22.7. The molecule has 2 aromatic carbocycles. The van der Waals surface area contributed by atoms with Gasteiger partial charge in [-0.3, -0.25) is 9.59 Å². The Balaban J connectivity index is 1.19. The van der Waals surface area contributed by atoms with Gasteiger partial charge in [-0.25, -0.2) is 0 Å². The number of carbonyl (C=O) groups excluding carboxylic acids is 1. The molecule has 3 aromatic rings. The summed E-state index contributed by atoms with van der Waals surface area (Å²) in [6.45, 7) is 0.186. The van der Waals surface area contributed by atoms with E-state index in [1.165, 1.54) is 18.2 Å². The van der Waals surface area contributed by atoms with Gasteiger partial charge in [-0.15, -0.1) is 0 Å². The van der Waals surface area contributed by atoms with Crippen LogP contribution in [0, 0.1) is 0 Å². The number of ether oxygens (including phenoxy) is 5. The second kappa shape index (κ2) is 18.8. The molecule has 5 N–H and O–H groups in total. The molecule has 0 saturated heterocycles. The van der Waals surface area contributed by atoms with Crippen molar-refractivity contribution in [3.8, 4) is 22.8 Å². The van der Waals surface area contributed by atoms with Crippen molar-refractivity contribution in [2.75, 3.05) is 79.2 Å². The summed E-state index contributed by atoms with van der Waals surface area (Å²) in [6.07, 6.45) is 0. The Morgan fingerprint density at radius 1 is 0.773 bits per heavy atom. The number of nitrogens with one attached hydrogen (secondary N) is 1. The minimum absolute atomic E-state index is 0.00631. The van der Waals surface area contributed by atoms with Crippen LogP contribution < -0.4 is 10.7 Å². The van der Waals surface area contributed by atoms with Crippen molar-refractivity contribution in [3.05, 3.63) is 58.3 Å². The van der Waals surface area contributed by atoms with Crippen LogP contribution in [0.3, 0.4) is 0 Å². The van der Waals surface area contributed by atoms with Gasteiger partial charge in [-0.1, -0.05) is 12.1 Å². The maximum atomic E-state index is 12.4. The van der Waals surface area contributed by atoms with Crippen LogP contribution in [-0.2, 0) is 40.0 Å². The van der Waals surface area contributed by atoms with E-state index in [9.17, 15) is 19.8 Å². The minimum atomic E-state index is -3.63. The van der Waals surface area contributed by atoms with Gasteiger partial charge in [0.05, 0.1) is 78.1 Å². The molecule has 1 heterocycles. The molecule has 242 valence electrons. The number of phenols is 2. The van der Waals surface area contributed by atoms with E-state index in [0.29, 0.717) is 77.1 Å². The van der Waals surface area contributed by atoms with Gasteiger partial charge in [0.15, 0.2) is 16.8 Å². The summed E-state index contributed by atoms with van der Waals surface area (Å²) in [5.41, 5.74) is 0.424. The van der Waals surface area contributed by atoms with Crippen LogP contribution in [-0.4, -0.2) is 105 Å². The Morgan fingerprint density at radius 2 is 1.30 bits per heavy atom. The molecule has 16 heteroatoms. The van der Waals surface area contributed by atoms with Crippen molar-refractivity contribution < 1.29 is 57.4 Å². The van der Waals surface area contributed by atoms with Crippen LogP contribution in [0.15, 0.2) is 51.7 Å². The molecule has 0 aliphatic rings. The van der Waals surface area contributed by atoms with Crippen LogP contribution in [0.5, 0.6) is 11.5 Å². The van der Waals surface area contributed by atoms with Crippen molar-refractivity contribution in [3.63, 3.8) is 0 Å². The molecule has 1 aromatic heterocycles. The molecule has 44 heavy (non-hydrogen) atoms. The molecule has 0 spiro atoms. The molecule has 0 aliphatic heterocycles. The third-order valence-electron chi connectivity index (χ3n) is 5.79. The predicted molar refractivity (Wildman–Crippen MR) is 162 cm³/mol. The molecule has 0 unspecified atom stereocenters. The lowest BCUT2D eigenvalue weighted by molar-refractivity contribution is -0.0126. The molecule has 0 saturated carbocycles. The van der Waals surface area contributed by atoms with Crippen molar-refractivity contribution in [1.82, 2.24) is 5.32 Å². The van der Waals surface area contributed by atoms with E-state index in [-0.39, 0.29) is 41.3 Å². The molecule has 0 aliphatic carbocycles. The van der Waals surface area contributed by atoms with Gasteiger partial charge in [-0.05, 0) is 36.1 Å². The first-order chi connectivity index (χ1) is 21.2. The lowest BCUT2D eigenvalue weighted by Gasteiger charge is -2.09. The highest BCUT2D eigenvalue weighted by Gasteiger charge is 2.14. The van der Waals surface area contributed by atoms with Crippen molar-refractivity contribution in [2.24, 2.45) is 0 Å². The number of carbonyl (C=O) groups is 1. The quantitative estimate of drug-likeness (QED) is 0.0633. The largest absolute Gasteiger partial charge is 0.504 e. The molecule has 0 fully saturated rings. The topological polar surface area (TPSA) is 196 Å². The lowest BCUT2D eigenvalue weighted by Crippen LogP contribution is -2.27. The van der Waals surface area contributed by atoms with E-state index in [4.69, 9.17) is 37.9 Å². The number of hydrogen-bond donors (Lipinski definition) is 5. The molecule has 1 amide bonds. The fraction of sp³-hybridized carbons (Fsp3) is 0.429. The lowest BCUT2D eigenvalue weighted by atomic mass is 10.1. The second-order valence-electron chi connectivity index (χ2n) is 9.00. The van der Waals surface area contributed by atoms with Crippen molar-refractivity contribution >= 4 is 35.4 Å². The zero-order valence-corrected chi connectivity index (χ0v) is 25.6. The van der Waals surface area contributed by atoms with Gasteiger partial charge in [0.1, 0.15) is 5.76 Å². The summed E-state index contributed by atoms with van der Waals surface area (Å²) in [7, 11) is 0. The molecular weight excluding hydrogens is 621 g/mol. The number of fused-ring (bicyclic) bond motifs is 1. The van der Waals surface area contributed by atoms with E-state index >= 15 is 0 Å². The van der Waals surface area contributed by atoms with Crippen LogP contribution in [0.2, 0.25) is 0 Å². The molecule has 3 rings (SSSR count). The van der Waals surface area contributed by atoms with Gasteiger partial charge in [0.2, 0.25) is 5.75 Å². The fourth-order valence-electron chi connectivity index (χ4n) is 3.66. The smallest absolute Gasteiger partial charge is 0.321 e. The van der Waals surface area contributed by atoms with Gasteiger partial charge < -0.3 is 57.9 Å². The Hall–Kier alpha value is -2.95. The predicted octanol–water partition coefficient (Wildman–Crippen LogP) is 1.91. The van der Waals surface area contributed by atoms with Gasteiger partial charge in [0.25, 0.3) is 5.91 Å². The van der Waals surface area contributed by atoms with Crippen LogP contribution >= 0.6 is 6.72 Å². The summed E-state index contributed by atoms with van der Waals surface area (Å²) in [6, 6.07) is 10.3. The standard InChI is InChI=1S/C28H36NO13PS/c30-23-6-5-22-24(31)19-25(42-27(22)26(23)32)20-1-3-21(4-2-20)28(33)29-7-8-36-9-10-37-11-12-38-13-14-39-15-16-40-17-18-41-43(34,35)44/h1-6,19,30,32H,7-18H2,(H,29,33)(H2,34,35,44). The third-order valence-corrected chi connectivity index (χ3v) is 6.62. The maximum absolute atomic E-state index is 12.4. The number of amides is 1. The highest BCUT2D eigenvalue weighted by atomic mass is 32.5. The highest BCUT2D eigenvalue weighted by molar-refractivity contribution is 8.06. The first-order valence-electron chi connectivity index (χ1n) is 13.6. The van der Waals surface area contributed by atoms with Gasteiger partial charge in [-0.2, -0.15) is 0 Å². The SMILES string of the molecule is O=C(NCCOCCOCCOCCOCCOCCOP(O)(O)=S)c1ccc(-c2cc(=O)c3ccc(O)c(O)c3o2)cc1. The second-order valence-corrected chi connectivity index (χ2v) is 11.7. The zero-order valence-electron chi connectivity index (χ0n) is 23.8. The number of benzene rings is 2. The fourth-order valence-corrected chi connectivity index (χ4v) is 4.19. The van der Waals surface area contributed by atoms with E-state index in [0.717, 1.165) is 0 Å². The Morgan fingerprint density at radius 3 is 1.84 bits per heavy atom. The van der Waals surface area contributed by atoms with Gasteiger partial charge >= 0.3 is 6.72 Å². The number of phenolic OH excluding ortho intramolecular Hbond substituents is 2. The Kier molecular flexibility index (Phi) is 15.2. The van der Waals surface area contributed by atoms with Crippen LogP contribution in [0.25, 0.3) is 22.3 Å². The third kappa shape index (κ3) is 12.6. The Bertz CT molecular complexity index is 1430. The summed E-state index contributed by atoms with van der Waals surface area (Å²) >= 11 is 4.31. The van der Waals surface area contributed by atoms with E-state index in [2.05, 4.69) is 21.6 Å². The Labute approximate surface area is 258 Å². The number of rotatable bonds is 21. The molecule has 14 nitrogen and oxygen atoms in total. The van der Waals surface area contributed by atoms with Crippen LogP contribution in [0.1, 0.15) is 10.4 Å². The normalized spacial score (nSPS) is 11.7. The van der Waals surface area contributed by atoms with E-state index in [1.807, 2.05) is 0 Å². The summed E-state index contributed by atoms with van der Waals surface area (Å²) in [5.74, 6) is -1.03. The first-order valence-corrected chi connectivity index (χ1v) is 16.2. The zero-order chi connectivity index (χ0) is 31.8. The molecular formula is C28H36NO13PS. The highest BCUT2D eigenvalue weighted by Crippen LogP contribution is 2.36. The first kappa shape index (κ1) is 35.5. The van der Waals surface area contributed by atoms with Gasteiger partial charge in [0, 0.05) is 23.7 Å². The minimum Gasteiger partial charge on any atom is -0.504 e. The summed E-state index contributed by atoms with van der Waals surface area (Å²) in [4.78, 5) is 42.6. The summed E-state index contributed by atoms with van der Waals surface area (Å²) < 4.78 is 37.0. The molecule has 0 atom stereocenters. The van der Waals surface area contributed by atoms with E-state index < -0.39 is 18.2 Å². The van der Waals surface area contributed by atoms with E-state index in [1.54, 1.807) is 24.3 Å². The molecule has 0 radical (unpaired) electrons. The average molecular weight is 658 g/mol. The number of hydrogen-bond acceptors (Lipinski definition) is 12. The number of aromatic hydroxyl groups is 2. The van der Waals surface area contributed by atoms with Crippen LogP contribution in [0.4, 0.5) is 0 Å².